The van der Waals surface area contributed by atoms with Gasteiger partial charge >= 0.3 is 0 Å². The molecule has 0 aliphatic rings. The Morgan fingerprint density at radius 3 is 1.75 bits per heavy atom. The van der Waals surface area contributed by atoms with Crippen LogP contribution in [0.4, 0.5) is 0 Å². The van der Waals surface area contributed by atoms with E-state index in [1.807, 2.05) is 59.9 Å². The average Bonchev–Trinajstić information content (AvgIpc) is 2.64. The van der Waals surface area contributed by atoms with E-state index in [1.165, 1.54) is 9.79 Å². The standard InChI is InChI=1S/C21H18OS2/c22-16-18-10-8-7-9-17(18)15-21(23-19-11-3-1-4-12-19)24-20-13-5-2-6-14-20/h1-14,16,21H,15H2. The second kappa shape index (κ2) is 8.76. The molecule has 3 aromatic rings. The van der Waals surface area contributed by atoms with Crippen molar-refractivity contribution in [3.63, 3.8) is 0 Å². The van der Waals surface area contributed by atoms with Gasteiger partial charge in [-0.25, -0.2) is 0 Å². The normalized spacial score (nSPS) is 10.7. The van der Waals surface area contributed by atoms with Crippen LogP contribution < -0.4 is 0 Å². The van der Waals surface area contributed by atoms with Crippen molar-refractivity contribution in [2.75, 3.05) is 0 Å². The average molecular weight is 351 g/mol. The van der Waals surface area contributed by atoms with E-state index in [0.717, 1.165) is 23.8 Å². The quantitative estimate of drug-likeness (QED) is 0.298. The Kier molecular flexibility index (Phi) is 6.16. The highest BCUT2D eigenvalue weighted by atomic mass is 32.2. The Balaban J connectivity index is 1.82. The third kappa shape index (κ3) is 4.76. The number of rotatable bonds is 7. The SMILES string of the molecule is O=Cc1ccccc1CC(Sc1ccccc1)Sc1ccccc1. The first-order chi connectivity index (χ1) is 11.8. The van der Waals surface area contributed by atoms with Crippen LogP contribution in [0.5, 0.6) is 0 Å². The molecule has 24 heavy (non-hydrogen) atoms. The van der Waals surface area contributed by atoms with Crippen molar-refractivity contribution in [1.82, 2.24) is 0 Å². The first-order valence-corrected chi connectivity index (χ1v) is 9.57. The Labute approximate surface area is 151 Å². The highest BCUT2D eigenvalue weighted by Crippen LogP contribution is 2.37. The summed E-state index contributed by atoms with van der Waals surface area (Å²) in [6.45, 7) is 0. The number of thioether (sulfide) groups is 2. The lowest BCUT2D eigenvalue weighted by molar-refractivity contribution is 0.112. The minimum Gasteiger partial charge on any atom is -0.298 e. The van der Waals surface area contributed by atoms with Gasteiger partial charge in [-0.15, -0.1) is 23.5 Å². The summed E-state index contributed by atoms with van der Waals surface area (Å²) in [6, 6.07) is 28.7. The monoisotopic (exact) mass is 350 g/mol. The maximum atomic E-state index is 11.3. The molecule has 0 unspecified atom stereocenters. The van der Waals surface area contributed by atoms with Crippen LogP contribution in [0.1, 0.15) is 15.9 Å². The molecule has 3 aromatic carbocycles. The number of aldehydes is 1. The van der Waals surface area contributed by atoms with E-state index < -0.39 is 0 Å². The molecular formula is C21H18OS2. The van der Waals surface area contributed by atoms with Gasteiger partial charge in [0.25, 0.3) is 0 Å². The molecule has 0 radical (unpaired) electrons. The summed E-state index contributed by atoms with van der Waals surface area (Å²) in [7, 11) is 0. The van der Waals surface area contributed by atoms with Crippen molar-refractivity contribution in [3.8, 4) is 0 Å². The van der Waals surface area contributed by atoms with E-state index in [9.17, 15) is 4.79 Å². The Morgan fingerprint density at radius 1 is 0.708 bits per heavy atom. The van der Waals surface area contributed by atoms with Crippen LogP contribution in [0.25, 0.3) is 0 Å². The van der Waals surface area contributed by atoms with Crippen molar-refractivity contribution >= 4 is 29.8 Å². The van der Waals surface area contributed by atoms with E-state index in [2.05, 4.69) is 48.5 Å². The minimum atomic E-state index is 0.302. The zero-order chi connectivity index (χ0) is 16.6. The van der Waals surface area contributed by atoms with Crippen molar-refractivity contribution < 1.29 is 4.79 Å². The summed E-state index contributed by atoms with van der Waals surface area (Å²) in [6.07, 6.45) is 1.79. The van der Waals surface area contributed by atoms with Crippen LogP contribution in [-0.4, -0.2) is 10.9 Å². The van der Waals surface area contributed by atoms with Crippen LogP contribution >= 0.6 is 23.5 Å². The van der Waals surface area contributed by atoms with Gasteiger partial charge in [-0.2, -0.15) is 0 Å². The van der Waals surface area contributed by atoms with Crippen LogP contribution in [0.3, 0.4) is 0 Å². The fourth-order valence-electron chi connectivity index (χ4n) is 2.42. The van der Waals surface area contributed by atoms with Crippen LogP contribution in [0, 0.1) is 0 Å². The second-order valence-corrected chi connectivity index (χ2v) is 8.16. The van der Waals surface area contributed by atoms with Gasteiger partial charge in [-0.3, -0.25) is 4.79 Å². The number of hydrogen-bond donors (Lipinski definition) is 0. The smallest absolute Gasteiger partial charge is 0.150 e. The van der Waals surface area contributed by atoms with Crippen molar-refractivity contribution in [1.29, 1.82) is 0 Å². The Bertz CT molecular complexity index is 731. The predicted octanol–water partition coefficient (Wildman–Crippen LogP) is 5.95. The van der Waals surface area contributed by atoms with E-state index >= 15 is 0 Å². The molecule has 0 aromatic heterocycles. The number of carbonyl (C=O) groups excluding carboxylic acids is 1. The largest absolute Gasteiger partial charge is 0.298 e. The summed E-state index contributed by atoms with van der Waals surface area (Å²) in [5.41, 5.74) is 1.88. The Hall–Kier alpha value is -1.97. The molecule has 0 aliphatic heterocycles. The van der Waals surface area contributed by atoms with E-state index in [-0.39, 0.29) is 0 Å². The van der Waals surface area contributed by atoms with Gasteiger partial charge in [-0.05, 0) is 36.2 Å². The number of carbonyl (C=O) groups is 1. The summed E-state index contributed by atoms with van der Waals surface area (Å²) < 4.78 is 0.302. The van der Waals surface area contributed by atoms with Crippen molar-refractivity contribution in [2.45, 2.75) is 20.8 Å². The van der Waals surface area contributed by atoms with E-state index in [0.29, 0.717) is 4.58 Å². The third-order valence-electron chi connectivity index (χ3n) is 3.59. The molecule has 0 saturated carbocycles. The maximum absolute atomic E-state index is 11.3. The van der Waals surface area contributed by atoms with Gasteiger partial charge in [0.1, 0.15) is 6.29 Å². The highest BCUT2D eigenvalue weighted by molar-refractivity contribution is 8.17. The molecule has 0 N–H and O–H groups in total. The van der Waals surface area contributed by atoms with Crippen LogP contribution in [-0.2, 0) is 6.42 Å². The zero-order valence-corrected chi connectivity index (χ0v) is 14.8. The molecule has 0 bridgehead atoms. The van der Waals surface area contributed by atoms with E-state index in [1.54, 1.807) is 0 Å². The van der Waals surface area contributed by atoms with Gasteiger partial charge in [0.2, 0.25) is 0 Å². The molecule has 1 nitrogen and oxygen atoms in total. The van der Waals surface area contributed by atoms with Crippen molar-refractivity contribution in [3.05, 3.63) is 96.1 Å². The first-order valence-electron chi connectivity index (χ1n) is 7.81. The fourth-order valence-corrected chi connectivity index (χ4v) is 5.04. The maximum Gasteiger partial charge on any atom is 0.150 e. The lowest BCUT2D eigenvalue weighted by Gasteiger charge is -2.17. The topological polar surface area (TPSA) is 17.1 Å². The third-order valence-corrected chi connectivity index (χ3v) is 6.12. The molecule has 3 rings (SSSR count). The highest BCUT2D eigenvalue weighted by Gasteiger charge is 2.15. The Morgan fingerprint density at radius 2 is 1.21 bits per heavy atom. The van der Waals surface area contributed by atoms with Crippen LogP contribution in [0.15, 0.2) is 94.7 Å². The van der Waals surface area contributed by atoms with Gasteiger partial charge in [0.05, 0.1) is 4.58 Å². The summed E-state index contributed by atoms with van der Waals surface area (Å²) in [5, 5.41) is 0. The van der Waals surface area contributed by atoms with Crippen LogP contribution in [0.2, 0.25) is 0 Å². The first kappa shape index (κ1) is 16.9. The van der Waals surface area contributed by atoms with Gasteiger partial charge in [0.15, 0.2) is 0 Å². The van der Waals surface area contributed by atoms with Gasteiger partial charge in [-0.1, -0.05) is 60.7 Å². The summed E-state index contributed by atoms with van der Waals surface area (Å²) in [4.78, 5) is 13.8. The summed E-state index contributed by atoms with van der Waals surface area (Å²) >= 11 is 3.69. The molecule has 0 atom stereocenters. The molecule has 0 fully saturated rings. The lowest BCUT2D eigenvalue weighted by atomic mass is 10.1. The molecule has 0 saturated heterocycles. The zero-order valence-electron chi connectivity index (χ0n) is 13.2. The molecule has 0 spiro atoms. The van der Waals surface area contributed by atoms with Gasteiger partial charge in [0, 0.05) is 15.4 Å². The molecule has 0 amide bonds. The van der Waals surface area contributed by atoms with Gasteiger partial charge < -0.3 is 0 Å². The molecule has 3 heteroatoms. The van der Waals surface area contributed by atoms with Crippen molar-refractivity contribution in [2.24, 2.45) is 0 Å². The molecule has 0 heterocycles. The molecule has 120 valence electrons. The second-order valence-electron chi connectivity index (χ2n) is 5.31. The fraction of sp³-hybridized carbons (Fsp3) is 0.0952. The predicted molar refractivity (Wildman–Crippen MR) is 104 cm³/mol. The number of benzene rings is 3. The minimum absolute atomic E-state index is 0.302. The molecule has 0 aliphatic carbocycles. The number of hydrogen-bond acceptors (Lipinski definition) is 3. The summed E-state index contributed by atoms with van der Waals surface area (Å²) in [5.74, 6) is 0. The lowest BCUT2D eigenvalue weighted by Crippen LogP contribution is -2.05. The molecular weight excluding hydrogens is 332 g/mol. The van der Waals surface area contributed by atoms with E-state index in [4.69, 9.17) is 0 Å².